The molecule has 3 aromatic rings. The Bertz CT molecular complexity index is 1040. The second-order valence-electron chi connectivity index (χ2n) is 7.17. The Morgan fingerprint density at radius 3 is 3.07 bits per heavy atom. The van der Waals surface area contributed by atoms with Gasteiger partial charge in [0.2, 0.25) is 5.88 Å². The largest absolute Gasteiger partial charge is 0.477 e. The minimum Gasteiger partial charge on any atom is -0.477 e. The maximum Gasteiger partial charge on any atom is 0.260 e. The molecule has 0 aliphatic carbocycles. The van der Waals surface area contributed by atoms with E-state index in [2.05, 4.69) is 15.1 Å². The highest BCUT2D eigenvalue weighted by atomic mass is 16.5. The SMILES string of the molecule is CCOc1ncccc1C(=O)N1[C@H]2CC[C@@H]1c1cnc3cc(C)nn3c1C2. The third-order valence-electron chi connectivity index (χ3n) is 5.55. The zero-order valence-electron chi connectivity index (χ0n) is 15.4. The summed E-state index contributed by atoms with van der Waals surface area (Å²) in [5.74, 6) is 0.396. The monoisotopic (exact) mass is 363 g/mol. The van der Waals surface area contributed by atoms with Crippen LogP contribution < -0.4 is 4.74 Å². The van der Waals surface area contributed by atoms with Crippen LogP contribution in [-0.4, -0.2) is 43.0 Å². The van der Waals surface area contributed by atoms with Gasteiger partial charge in [0, 0.05) is 36.5 Å². The van der Waals surface area contributed by atoms with Crippen LogP contribution in [0.4, 0.5) is 0 Å². The summed E-state index contributed by atoms with van der Waals surface area (Å²) >= 11 is 0. The highest BCUT2D eigenvalue weighted by Crippen LogP contribution is 2.44. The molecule has 1 fully saturated rings. The normalized spacial score (nSPS) is 20.7. The van der Waals surface area contributed by atoms with Gasteiger partial charge in [-0.25, -0.2) is 14.5 Å². The predicted octanol–water partition coefficient (Wildman–Crippen LogP) is 2.73. The molecule has 5 rings (SSSR count). The van der Waals surface area contributed by atoms with Crippen LogP contribution in [0.25, 0.3) is 5.65 Å². The van der Waals surface area contributed by atoms with Gasteiger partial charge >= 0.3 is 0 Å². The Balaban J connectivity index is 1.57. The van der Waals surface area contributed by atoms with Gasteiger partial charge in [-0.1, -0.05) is 0 Å². The number of nitrogens with zero attached hydrogens (tertiary/aromatic N) is 5. The van der Waals surface area contributed by atoms with Crippen LogP contribution in [0.2, 0.25) is 0 Å². The Morgan fingerprint density at radius 1 is 1.33 bits per heavy atom. The fourth-order valence-corrected chi connectivity index (χ4v) is 4.46. The number of aryl methyl sites for hydroxylation is 1. The molecule has 7 nitrogen and oxygen atoms in total. The molecule has 1 saturated heterocycles. The Kier molecular flexibility index (Phi) is 3.63. The van der Waals surface area contributed by atoms with Gasteiger partial charge in [0.05, 0.1) is 24.0 Å². The Hall–Kier alpha value is -2.96. The molecule has 0 unspecified atom stereocenters. The Morgan fingerprint density at radius 2 is 2.22 bits per heavy atom. The lowest BCUT2D eigenvalue weighted by molar-refractivity contribution is 0.0637. The zero-order valence-corrected chi connectivity index (χ0v) is 15.4. The van der Waals surface area contributed by atoms with E-state index >= 15 is 0 Å². The van der Waals surface area contributed by atoms with Gasteiger partial charge < -0.3 is 9.64 Å². The van der Waals surface area contributed by atoms with Crippen molar-refractivity contribution in [3.8, 4) is 5.88 Å². The first kappa shape index (κ1) is 16.2. The van der Waals surface area contributed by atoms with Crippen LogP contribution in [0.15, 0.2) is 30.6 Å². The smallest absolute Gasteiger partial charge is 0.260 e. The quantitative estimate of drug-likeness (QED) is 0.715. The maximum atomic E-state index is 13.4. The molecule has 2 aliphatic rings. The molecule has 2 aliphatic heterocycles. The second kappa shape index (κ2) is 6.04. The second-order valence-corrected chi connectivity index (χ2v) is 7.17. The molecule has 0 spiro atoms. The van der Waals surface area contributed by atoms with E-state index in [0.29, 0.717) is 18.1 Å². The van der Waals surface area contributed by atoms with E-state index in [4.69, 9.17) is 4.74 Å². The molecule has 2 bridgehead atoms. The fraction of sp³-hybridized carbons (Fsp3) is 0.400. The zero-order chi connectivity index (χ0) is 18.5. The molecular formula is C20H21N5O2. The summed E-state index contributed by atoms with van der Waals surface area (Å²) in [4.78, 5) is 24.2. The predicted molar refractivity (Wildman–Crippen MR) is 98.8 cm³/mol. The van der Waals surface area contributed by atoms with Crippen molar-refractivity contribution in [2.45, 2.75) is 45.2 Å². The van der Waals surface area contributed by atoms with E-state index in [0.717, 1.165) is 36.2 Å². The number of carbonyl (C=O) groups excluding carboxylic acids is 1. The summed E-state index contributed by atoms with van der Waals surface area (Å²) in [5.41, 5.74) is 4.65. The summed E-state index contributed by atoms with van der Waals surface area (Å²) in [7, 11) is 0. The molecule has 5 heterocycles. The van der Waals surface area contributed by atoms with Crippen molar-refractivity contribution in [1.82, 2.24) is 24.5 Å². The summed E-state index contributed by atoms with van der Waals surface area (Å²) in [6, 6.07) is 5.77. The number of pyridine rings is 1. The average molecular weight is 363 g/mol. The summed E-state index contributed by atoms with van der Waals surface area (Å²) in [5, 5.41) is 4.61. The lowest BCUT2D eigenvalue weighted by Crippen LogP contribution is -2.43. The van der Waals surface area contributed by atoms with E-state index in [9.17, 15) is 4.79 Å². The number of hydrogen-bond acceptors (Lipinski definition) is 5. The molecule has 27 heavy (non-hydrogen) atoms. The third kappa shape index (κ3) is 2.41. The summed E-state index contributed by atoms with van der Waals surface area (Å²) < 4.78 is 7.54. The lowest BCUT2D eigenvalue weighted by atomic mass is 9.98. The van der Waals surface area contributed by atoms with Crippen molar-refractivity contribution in [2.24, 2.45) is 0 Å². The molecule has 138 valence electrons. The van der Waals surface area contributed by atoms with Crippen LogP contribution in [-0.2, 0) is 6.42 Å². The summed E-state index contributed by atoms with van der Waals surface area (Å²) in [6.07, 6.45) is 6.30. The van der Waals surface area contributed by atoms with Crippen molar-refractivity contribution in [1.29, 1.82) is 0 Å². The number of ether oxygens (including phenoxy) is 1. The van der Waals surface area contributed by atoms with E-state index in [1.165, 1.54) is 5.69 Å². The van der Waals surface area contributed by atoms with Gasteiger partial charge in [-0.05, 0) is 38.8 Å². The number of fused-ring (bicyclic) bond motifs is 6. The number of carbonyl (C=O) groups is 1. The van der Waals surface area contributed by atoms with Crippen molar-refractivity contribution in [2.75, 3.05) is 6.61 Å². The van der Waals surface area contributed by atoms with E-state index < -0.39 is 0 Å². The topological polar surface area (TPSA) is 72.6 Å². The molecule has 3 aromatic heterocycles. The number of aromatic nitrogens is 4. The molecule has 2 atom stereocenters. The minimum atomic E-state index is -0.0126. The molecular weight excluding hydrogens is 342 g/mol. The van der Waals surface area contributed by atoms with Gasteiger partial charge in [0.25, 0.3) is 5.91 Å². The molecule has 0 saturated carbocycles. The highest BCUT2D eigenvalue weighted by molar-refractivity contribution is 5.97. The van der Waals surface area contributed by atoms with Crippen LogP contribution in [0.1, 0.15) is 53.1 Å². The van der Waals surface area contributed by atoms with E-state index in [-0.39, 0.29) is 18.0 Å². The number of rotatable bonds is 3. The molecule has 0 aromatic carbocycles. The van der Waals surface area contributed by atoms with Crippen molar-refractivity contribution >= 4 is 11.6 Å². The lowest BCUT2D eigenvalue weighted by Gasteiger charge is -2.36. The van der Waals surface area contributed by atoms with Crippen molar-refractivity contribution in [3.63, 3.8) is 0 Å². The van der Waals surface area contributed by atoms with Gasteiger partial charge in [0.1, 0.15) is 5.56 Å². The maximum absolute atomic E-state index is 13.4. The standard InChI is InChI=1S/C20H21N5O2/c1-3-27-19-14(5-4-8-21-19)20(26)24-13-6-7-16(24)15-11-22-18-9-12(2)23-25(18)17(15)10-13/h4-5,8-9,11,13,16H,3,6-7,10H2,1-2H3/t13-,16+/m0/s1. The molecule has 1 amide bonds. The number of hydrogen-bond donors (Lipinski definition) is 0. The highest BCUT2D eigenvalue weighted by Gasteiger charge is 2.44. The fourth-order valence-electron chi connectivity index (χ4n) is 4.46. The van der Waals surface area contributed by atoms with Crippen LogP contribution in [0, 0.1) is 6.92 Å². The van der Waals surface area contributed by atoms with Crippen LogP contribution in [0.3, 0.4) is 0 Å². The minimum absolute atomic E-state index is 0.0126. The molecule has 0 N–H and O–H groups in total. The first-order valence-electron chi connectivity index (χ1n) is 9.42. The van der Waals surface area contributed by atoms with Gasteiger partial charge in [-0.2, -0.15) is 5.10 Å². The first-order chi connectivity index (χ1) is 13.2. The first-order valence-corrected chi connectivity index (χ1v) is 9.42. The average Bonchev–Trinajstić information content (AvgIpc) is 3.20. The molecule has 7 heteroatoms. The molecule has 0 radical (unpaired) electrons. The van der Waals surface area contributed by atoms with Crippen molar-refractivity contribution in [3.05, 3.63) is 53.1 Å². The number of amides is 1. The van der Waals surface area contributed by atoms with Gasteiger partial charge in [-0.15, -0.1) is 0 Å². The summed E-state index contributed by atoms with van der Waals surface area (Å²) in [6.45, 7) is 4.35. The van der Waals surface area contributed by atoms with Crippen LogP contribution >= 0.6 is 0 Å². The van der Waals surface area contributed by atoms with Crippen LogP contribution in [0.5, 0.6) is 5.88 Å². The Labute approximate surface area is 157 Å². The van der Waals surface area contributed by atoms with E-state index in [1.54, 1.807) is 18.3 Å². The van der Waals surface area contributed by atoms with Crippen molar-refractivity contribution < 1.29 is 9.53 Å². The van der Waals surface area contributed by atoms with Gasteiger partial charge in [0.15, 0.2) is 5.65 Å². The third-order valence-corrected chi connectivity index (χ3v) is 5.55. The van der Waals surface area contributed by atoms with E-state index in [1.807, 2.05) is 35.5 Å². The van der Waals surface area contributed by atoms with Gasteiger partial charge in [-0.3, -0.25) is 4.79 Å².